The van der Waals surface area contributed by atoms with Crippen LogP contribution in [0.4, 0.5) is 8.78 Å². The highest BCUT2D eigenvalue weighted by atomic mass is 19.3. The van der Waals surface area contributed by atoms with Crippen LogP contribution in [0.15, 0.2) is 42.5 Å². The lowest BCUT2D eigenvalue weighted by Crippen LogP contribution is -2.27. The monoisotopic (exact) mass is 515 g/mol. The summed E-state index contributed by atoms with van der Waals surface area (Å²) in [6, 6.07) is 11.3. The summed E-state index contributed by atoms with van der Waals surface area (Å²) in [7, 11) is 2.95. The fourth-order valence-electron chi connectivity index (χ4n) is 3.78. The third-order valence-electron chi connectivity index (χ3n) is 5.89. The van der Waals surface area contributed by atoms with Gasteiger partial charge in [-0.1, -0.05) is 25.1 Å². The molecule has 0 radical (unpaired) electrons. The van der Waals surface area contributed by atoms with Crippen molar-refractivity contribution in [1.29, 1.82) is 0 Å². The molecule has 0 saturated carbocycles. The fraction of sp³-hybridized carbons (Fsp3) is 0.370. The number of hydrogen-bond donors (Lipinski definition) is 1. The molecule has 0 aliphatic carbocycles. The summed E-state index contributed by atoms with van der Waals surface area (Å²) in [5.74, 6) is -0.917. The molecule has 0 saturated heterocycles. The number of alkyl halides is 2. The van der Waals surface area contributed by atoms with Crippen LogP contribution in [0, 0.1) is 6.92 Å². The summed E-state index contributed by atoms with van der Waals surface area (Å²) in [5, 5.41) is 6.58. The smallest absolute Gasteiger partial charge is 0.338 e. The number of aromatic nitrogens is 2. The number of ether oxygens (including phenoxy) is 3. The summed E-state index contributed by atoms with van der Waals surface area (Å²) < 4.78 is 44.6. The van der Waals surface area contributed by atoms with Crippen LogP contribution < -0.4 is 10.1 Å². The van der Waals surface area contributed by atoms with Gasteiger partial charge < -0.3 is 19.5 Å². The molecule has 2 aromatic carbocycles. The summed E-state index contributed by atoms with van der Waals surface area (Å²) in [6.07, 6.45) is -2.21. The molecule has 37 heavy (non-hydrogen) atoms. The van der Waals surface area contributed by atoms with Gasteiger partial charge in [-0.3, -0.25) is 4.79 Å². The van der Waals surface area contributed by atoms with Gasteiger partial charge in [-0.2, -0.15) is 5.10 Å². The zero-order valence-electron chi connectivity index (χ0n) is 21.5. The Kier molecular flexibility index (Phi) is 9.35. The first-order valence-electron chi connectivity index (χ1n) is 11.9. The molecule has 1 atom stereocenters. The number of methoxy groups -OCH3 is 1. The predicted molar refractivity (Wildman–Crippen MR) is 133 cm³/mol. The maximum atomic E-state index is 13.8. The van der Waals surface area contributed by atoms with E-state index in [-0.39, 0.29) is 24.7 Å². The predicted octanol–water partition coefficient (Wildman–Crippen LogP) is 5.32. The van der Waals surface area contributed by atoms with Crippen LogP contribution in [0.25, 0.3) is 0 Å². The maximum absolute atomic E-state index is 13.8. The van der Waals surface area contributed by atoms with Crippen molar-refractivity contribution < 1.29 is 32.6 Å². The quantitative estimate of drug-likeness (QED) is 0.275. The minimum atomic E-state index is -2.98. The minimum absolute atomic E-state index is 0.0833. The van der Waals surface area contributed by atoms with E-state index in [1.54, 1.807) is 37.3 Å². The van der Waals surface area contributed by atoms with E-state index in [1.807, 2.05) is 26.0 Å². The van der Waals surface area contributed by atoms with Crippen LogP contribution in [0.2, 0.25) is 0 Å². The minimum Gasteiger partial charge on any atom is -0.460 e. The van der Waals surface area contributed by atoms with Crippen molar-refractivity contribution in [3.05, 3.63) is 76.0 Å². The van der Waals surface area contributed by atoms with E-state index in [9.17, 15) is 18.4 Å². The zero-order valence-corrected chi connectivity index (χ0v) is 21.5. The highest BCUT2D eigenvalue weighted by Gasteiger charge is 2.30. The fourth-order valence-corrected chi connectivity index (χ4v) is 3.78. The van der Waals surface area contributed by atoms with E-state index < -0.39 is 30.0 Å². The Hall–Kier alpha value is -3.79. The average Bonchev–Trinajstić information content (AvgIpc) is 3.21. The van der Waals surface area contributed by atoms with E-state index >= 15 is 0 Å². The number of carbonyl (C=O) groups excluding carboxylic acids is 2. The Morgan fingerprint density at radius 2 is 1.81 bits per heavy atom. The number of amides is 1. The van der Waals surface area contributed by atoms with Crippen molar-refractivity contribution in [2.45, 2.75) is 39.7 Å². The Bertz CT molecular complexity index is 1240. The largest absolute Gasteiger partial charge is 0.460 e. The van der Waals surface area contributed by atoms with E-state index in [2.05, 4.69) is 10.4 Å². The van der Waals surface area contributed by atoms with E-state index in [0.717, 1.165) is 22.2 Å². The summed E-state index contributed by atoms with van der Waals surface area (Å²) >= 11 is 0. The second-order valence-corrected chi connectivity index (χ2v) is 8.48. The number of esters is 1. The van der Waals surface area contributed by atoms with E-state index in [0.29, 0.717) is 16.9 Å². The first kappa shape index (κ1) is 27.8. The van der Waals surface area contributed by atoms with Gasteiger partial charge >= 0.3 is 5.97 Å². The van der Waals surface area contributed by atoms with Gasteiger partial charge in [0.15, 0.2) is 0 Å². The molecule has 0 unspecified atom stereocenters. The van der Waals surface area contributed by atoms with Crippen molar-refractivity contribution in [1.82, 2.24) is 15.1 Å². The number of carbonyl (C=O) groups is 2. The molecule has 0 aliphatic heterocycles. The van der Waals surface area contributed by atoms with Gasteiger partial charge in [0.1, 0.15) is 23.6 Å². The first-order chi connectivity index (χ1) is 17.7. The number of nitrogens with one attached hydrogen (secondary N) is 1. The number of halogens is 2. The van der Waals surface area contributed by atoms with Crippen LogP contribution in [0.3, 0.4) is 0 Å². The molecule has 1 N–H and O–H groups in total. The molecular weight excluding hydrogens is 484 g/mol. The number of benzene rings is 2. The van der Waals surface area contributed by atoms with E-state index in [4.69, 9.17) is 14.2 Å². The van der Waals surface area contributed by atoms with Gasteiger partial charge in [0.05, 0.1) is 18.2 Å². The van der Waals surface area contributed by atoms with Crippen LogP contribution in [-0.2, 0) is 22.9 Å². The second kappa shape index (κ2) is 12.4. The zero-order chi connectivity index (χ0) is 27.1. The van der Waals surface area contributed by atoms with Crippen molar-refractivity contribution >= 4 is 11.9 Å². The molecule has 1 amide bonds. The number of aryl methyl sites for hydroxylation is 3. The maximum Gasteiger partial charge on any atom is 0.338 e. The van der Waals surface area contributed by atoms with Crippen molar-refractivity contribution in [2.75, 3.05) is 20.3 Å². The number of hydrogen-bond acceptors (Lipinski definition) is 6. The molecule has 198 valence electrons. The van der Waals surface area contributed by atoms with Crippen LogP contribution in [0.5, 0.6) is 11.6 Å². The molecule has 1 heterocycles. The van der Waals surface area contributed by atoms with E-state index in [1.165, 1.54) is 14.2 Å². The SMILES string of the molecule is CCc1cc(Oc2c(C(=O)N[C@@H](C)c3ccc(C(=O)OCCOC)cc3)c(C(F)F)nn2C)ccc1C. The Labute approximate surface area is 214 Å². The van der Waals surface area contributed by atoms with Gasteiger partial charge in [0.2, 0.25) is 5.88 Å². The normalized spacial score (nSPS) is 11.9. The van der Waals surface area contributed by atoms with Crippen molar-refractivity contribution in [3.63, 3.8) is 0 Å². The topological polar surface area (TPSA) is 91.7 Å². The number of nitrogens with zero attached hydrogens (tertiary/aromatic N) is 2. The standard InChI is InChI=1S/C27H31F2N3O5/c1-6-18-15-21(12-7-16(18)2)37-26-22(23(24(28)29)31-32(26)4)25(33)30-17(3)19-8-10-20(11-9-19)27(34)36-14-13-35-5/h7-12,15,17,24H,6,13-14H2,1-5H3,(H,30,33)/t17-/m0/s1. The van der Waals surface area contributed by atoms with Gasteiger partial charge in [-0.05, 0) is 61.2 Å². The van der Waals surface area contributed by atoms with Gasteiger partial charge in [-0.25, -0.2) is 18.3 Å². The molecule has 0 fully saturated rings. The summed E-state index contributed by atoms with van der Waals surface area (Å²) in [6.45, 7) is 6.10. The number of rotatable bonds is 11. The highest BCUT2D eigenvalue weighted by Crippen LogP contribution is 2.33. The molecule has 8 nitrogen and oxygen atoms in total. The van der Waals surface area contributed by atoms with Gasteiger partial charge in [0, 0.05) is 14.2 Å². The average molecular weight is 516 g/mol. The van der Waals surface area contributed by atoms with Crippen LogP contribution >= 0.6 is 0 Å². The molecule has 3 rings (SSSR count). The molecular formula is C27H31F2N3O5. The molecule has 1 aromatic heterocycles. The lowest BCUT2D eigenvalue weighted by Gasteiger charge is -2.16. The van der Waals surface area contributed by atoms with Crippen LogP contribution in [0.1, 0.15) is 69.4 Å². The lowest BCUT2D eigenvalue weighted by molar-refractivity contribution is 0.0388. The highest BCUT2D eigenvalue weighted by molar-refractivity contribution is 5.98. The Morgan fingerprint density at radius 3 is 2.43 bits per heavy atom. The molecule has 10 heteroatoms. The second-order valence-electron chi connectivity index (χ2n) is 8.48. The molecule has 0 spiro atoms. The van der Waals surface area contributed by atoms with Crippen molar-refractivity contribution in [3.8, 4) is 11.6 Å². The molecule has 0 bridgehead atoms. The molecule has 0 aliphatic rings. The van der Waals surface area contributed by atoms with Gasteiger partial charge in [-0.15, -0.1) is 0 Å². The Morgan fingerprint density at radius 1 is 1.11 bits per heavy atom. The summed E-state index contributed by atoms with van der Waals surface area (Å²) in [5.41, 5.74) is 2.12. The van der Waals surface area contributed by atoms with Crippen LogP contribution in [-0.4, -0.2) is 42.0 Å². The third kappa shape index (κ3) is 6.71. The Balaban J connectivity index is 1.81. The van der Waals surface area contributed by atoms with Gasteiger partial charge in [0.25, 0.3) is 12.3 Å². The summed E-state index contributed by atoms with van der Waals surface area (Å²) in [4.78, 5) is 25.3. The lowest BCUT2D eigenvalue weighted by atomic mass is 10.1. The molecule has 3 aromatic rings. The van der Waals surface area contributed by atoms with Crippen molar-refractivity contribution in [2.24, 2.45) is 7.05 Å². The third-order valence-corrected chi connectivity index (χ3v) is 5.89. The first-order valence-corrected chi connectivity index (χ1v) is 11.9.